The molecule has 3 aromatic rings. The van der Waals surface area contributed by atoms with E-state index in [0.29, 0.717) is 17.1 Å². The predicted octanol–water partition coefficient (Wildman–Crippen LogP) is 3.73. The fraction of sp³-hybridized carbons (Fsp3) is 0.176. The first-order valence-corrected chi connectivity index (χ1v) is 7.14. The molecule has 2 aromatic heterocycles. The maximum Gasteiger partial charge on any atom is 0.305 e. The Bertz CT molecular complexity index is 834. The van der Waals surface area contributed by atoms with E-state index in [1.54, 1.807) is 23.0 Å². The number of aliphatic carboxylic acids is 1. The van der Waals surface area contributed by atoms with Crippen LogP contribution in [-0.2, 0) is 11.3 Å². The molecule has 23 heavy (non-hydrogen) atoms. The molecule has 0 bridgehead atoms. The fourth-order valence-electron chi connectivity index (χ4n) is 2.41. The van der Waals surface area contributed by atoms with Crippen molar-refractivity contribution >= 4 is 5.97 Å². The van der Waals surface area contributed by atoms with E-state index in [1.165, 1.54) is 12.1 Å². The quantitative estimate of drug-likeness (QED) is 0.779. The second-order valence-corrected chi connectivity index (χ2v) is 5.20. The molecule has 0 unspecified atom stereocenters. The van der Waals surface area contributed by atoms with E-state index in [9.17, 15) is 9.18 Å². The monoisotopic (exact) mass is 314 g/mol. The molecule has 2 heterocycles. The van der Waals surface area contributed by atoms with Crippen molar-refractivity contribution in [2.45, 2.75) is 19.9 Å². The second kappa shape index (κ2) is 6.08. The molecule has 1 N–H and O–H groups in total. The van der Waals surface area contributed by atoms with Gasteiger partial charge in [0.2, 0.25) is 0 Å². The van der Waals surface area contributed by atoms with E-state index in [0.717, 1.165) is 11.3 Å². The average Bonchev–Trinajstić information content (AvgIpc) is 3.11. The zero-order valence-corrected chi connectivity index (χ0v) is 12.5. The Hall–Kier alpha value is -2.89. The Morgan fingerprint density at radius 1 is 1.26 bits per heavy atom. The van der Waals surface area contributed by atoms with Crippen molar-refractivity contribution in [3.8, 4) is 22.7 Å². The minimum absolute atomic E-state index is 0.0219. The van der Waals surface area contributed by atoms with Gasteiger partial charge >= 0.3 is 5.97 Å². The van der Waals surface area contributed by atoms with Crippen LogP contribution in [-0.4, -0.2) is 20.6 Å². The van der Waals surface area contributed by atoms with Gasteiger partial charge in [-0.1, -0.05) is 0 Å². The number of imidazole rings is 1. The molecule has 0 aliphatic heterocycles. The van der Waals surface area contributed by atoms with Gasteiger partial charge in [0.1, 0.15) is 17.3 Å². The summed E-state index contributed by atoms with van der Waals surface area (Å²) >= 11 is 0. The third-order valence-corrected chi connectivity index (χ3v) is 3.50. The Morgan fingerprint density at radius 3 is 2.61 bits per heavy atom. The van der Waals surface area contributed by atoms with Gasteiger partial charge in [-0.3, -0.25) is 4.79 Å². The summed E-state index contributed by atoms with van der Waals surface area (Å²) in [7, 11) is 0. The number of hydrogen-bond acceptors (Lipinski definition) is 3. The van der Waals surface area contributed by atoms with E-state index in [-0.39, 0.29) is 18.8 Å². The largest absolute Gasteiger partial charge is 0.481 e. The zero-order chi connectivity index (χ0) is 16.4. The van der Waals surface area contributed by atoms with Gasteiger partial charge in [0.15, 0.2) is 5.76 Å². The van der Waals surface area contributed by atoms with Gasteiger partial charge in [0.25, 0.3) is 0 Å². The maximum absolute atomic E-state index is 13.1. The number of nitrogens with zero attached hydrogens (tertiary/aromatic N) is 2. The number of carbonyl (C=O) groups is 1. The van der Waals surface area contributed by atoms with Crippen molar-refractivity contribution in [3.63, 3.8) is 0 Å². The molecule has 0 amide bonds. The number of hydrogen-bond donors (Lipinski definition) is 1. The summed E-state index contributed by atoms with van der Waals surface area (Å²) in [6.07, 6.45) is 1.56. The molecule has 0 fully saturated rings. The van der Waals surface area contributed by atoms with E-state index in [4.69, 9.17) is 9.52 Å². The minimum atomic E-state index is -0.886. The average molecular weight is 314 g/mol. The van der Waals surface area contributed by atoms with E-state index in [2.05, 4.69) is 4.98 Å². The number of halogens is 1. The predicted molar refractivity (Wildman–Crippen MR) is 82.3 cm³/mol. The van der Waals surface area contributed by atoms with Crippen LogP contribution in [0.5, 0.6) is 0 Å². The highest BCUT2D eigenvalue weighted by atomic mass is 19.1. The minimum Gasteiger partial charge on any atom is -0.481 e. The Labute approximate surface area is 132 Å². The summed E-state index contributed by atoms with van der Waals surface area (Å²) in [6.45, 7) is 2.11. The topological polar surface area (TPSA) is 68.3 Å². The highest BCUT2D eigenvalue weighted by Crippen LogP contribution is 2.32. The van der Waals surface area contributed by atoms with E-state index < -0.39 is 5.97 Å². The lowest BCUT2D eigenvalue weighted by molar-refractivity contribution is -0.137. The third-order valence-electron chi connectivity index (χ3n) is 3.50. The molecule has 1 aromatic carbocycles. The van der Waals surface area contributed by atoms with Crippen LogP contribution in [0.1, 0.15) is 12.2 Å². The van der Waals surface area contributed by atoms with Gasteiger partial charge in [0, 0.05) is 12.1 Å². The van der Waals surface area contributed by atoms with Crippen LogP contribution in [0.2, 0.25) is 0 Å². The smallest absolute Gasteiger partial charge is 0.305 e. The molecule has 0 radical (unpaired) electrons. The van der Waals surface area contributed by atoms with Crippen molar-refractivity contribution in [2.75, 3.05) is 0 Å². The highest BCUT2D eigenvalue weighted by molar-refractivity contribution is 5.76. The van der Waals surface area contributed by atoms with Gasteiger partial charge in [-0.15, -0.1) is 0 Å². The summed E-state index contributed by atoms with van der Waals surface area (Å²) in [5, 5.41) is 8.90. The van der Waals surface area contributed by atoms with Crippen LogP contribution in [0.15, 0.2) is 47.1 Å². The standard InChI is InChI=1S/C17H15FN2O3/c1-11-2-7-14(23-11)17-16(12-3-5-13(18)6-4-12)19-10-20(17)9-8-15(21)22/h2-7,10H,8-9H2,1H3,(H,21,22). The SMILES string of the molecule is Cc1ccc(-c2c(-c3ccc(F)cc3)ncn2CCC(=O)O)o1. The molecular weight excluding hydrogens is 299 g/mol. The van der Waals surface area contributed by atoms with Gasteiger partial charge in [-0.25, -0.2) is 9.37 Å². The van der Waals surface area contributed by atoms with Crippen LogP contribution < -0.4 is 0 Å². The van der Waals surface area contributed by atoms with Gasteiger partial charge < -0.3 is 14.1 Å². The van der Waals surface area contributed by atoms with E-state index in [1.807, 2.05) is 19.1 Å². The molecule has 0 spiro atoms. The number of carboxylic acids is 1. The summed E-state index contributed by atoms with van der Waals surface area (Å²) in [5.74, 6) is 0.138. The number of aromatic nitrogens is 2. The molecule has 118 valence electrons. The molecule has 0 aliphatic rings. The lowest BCUT2D eigenvalue weighted by atomic mass is 10.1. The molecule has 0 saturated carbocycles. The van der Waals surface area contributed by atoms with Crippen LogP contribution >= 0.6 is 0 Å². The van der Waals surface area contributed by atoms with Gasteiger partial charge in [-0.05, 0) is 43.3 Å². The first-order chi connectivity index (χ1) is 11.0. The lowest BCUT2D eigenvalue weighted by Crippen LogP contribution is -2.05. The molecule has 0 atom stereocenters. The van der Waals surface area contributed by atoms with Crippen molar-refractivity contribution in [1.29, 1.82) is 0 Å². The second-order valence-electron chi connectivity index (χ2n) is 5.20. The molecule has 0 aliphatic carbocycles. The lowest BCUT2D eigenvalue weighted by Gasteiger charge is -2.07. The van der Waals surface area contributed by atoms with Crippen molar-refractivity contribution in [2.24, 2.45) is 0 Å². The highest BCUT2D eigenvalue weighted by Gasteiger charge is 2.18. The number of benzene rings is 1. The van der Waals surface area contributed by atoms with Crippen molar-refractivity contribution < 1.29 is 18.7 Å². The molecule has 3 rings (SSSR count). The number of carboxylic acid groups (broad SMARTS) is 1. The van der Waals surface area contributed by atoms with Gasteiger partial charge in [-0.2, -0.15) is 0 Å². The Morgan fingerprint density at radius 2 is 2.00 bits per heavy atom. The first kappa shape index (κ1) is 15.0. The molecule has 0 saturated heterocycles. The van der Waals surface area contributed by atoms with Crippen LogP contribution in [0.4, 0.5) is 4.39 Å². The number of furan rings is 1. The molecular formula is C17H15FN2O3. The van der Waals surface area contributed by atoms with Crippen molar-refractivity contribution in [3.05, 3.63) is 54.3 Å². The molecule has 5 nitrogen and oxygen atoms in total. The van der Waals surface area contributed by atoms with E-state index >= 15 is 0 Å². The van der Waals surface area contributed by atoms with Gasteiger partial charge in [0.05, 0.1) is 18.4 Å². The zero-order valence-electron chi connectivity index (χ0n) is 12.5. The Kier molecular flexibility index (Phi) is 3.97. The summed E-state index contributed by atoms with van der Waals surface area (Å²) in [5.41, 5.74) is 2.06. The van der Waals surface area contributed by atoms with Crippen LogP contribution in [0, 0.1) is 12.7 Å². The fourth-order valence-corrected chi connectivity index (χ4v) is 2.41. The number of aryl methyl sites for hydroxylation is 2. The van der Waals surface area contributed by atoms with Crippen molar-refractivity contribution in [1.82, 2.24) is 9.55 Å². The third kappa shape index (κ3) is 3.15. The maximum atomic E-state index is 13.1. The van der Waals surface area contributed by atoms with Crippen LogP contribution in [0.3, 0.4) is 0 Å². The normalized spacial score (nSPS) is 10.9. The first-order valence-electron chi connectivity index (χ1n) is 7.14. The number of rotatable bonds is 5. The molecule has 6 heteroatoms. The summed E-state index contributed by atoms with van der Waals surface area (Å²) in [6, 6.07) is 9.65. The van der Waals surface area contributed by atoms with Crippen LogP contribution in [0.25, 0.3) is 22.7 Å². The summed E-state index contributed by atoms with van der Waals surface area (Å²) < 4.78 is 20.6. The Balaban J connectivity index is 2.08. The summed E-state index contributed by atoms with van der Waals surface area (Å²) in [4.78, 5) is 15.2.